The van der Waals surface area contributed by atoms with Gasteiger partial charge in [0.05, 0.1) is 25.4 Å². The second kappa shape index (κ2) is 9.03. The second-order valence-corrected chi connectivity index (χ2v) is 5.64. The van der Waals surface area contributed by atoms with Crippen LogP contribution in [0.4, 0.5) is 0 Å². The molecule has 1 unspecified atom stereocenters. The van der Waals surface area contributed by atoms with Crippen LogP contribution in [0.25, 0.3) is 0 Å². The molecule has 1 aliphatic rings. The van der Waals surface area contributed by atoms with Crippen molar-refractivity contribution in [1.82, 2.24) is 20.4 Å². The van der Waals surface area contributed by atoms with Gasteiger partial charge in [0, 0.05) is 19.8 Å². The van der Waals surface area contributed by atoms with Crippen molar-refractivity contribution in [1.29, 1.82) is 0 Å². The highest BCUT2D eigenvalue weighted by atomic mass is 127. The predicted molar refractivity (Wildman–Crippen MR) is 106 cm³/mol. The Hall–Kier alpha value is -1.61. The predicted octanol–water partition coefficient (Wildman–Crippen LogP) is 2.49. The molecule has 0 aliphatic carbocycles. The molecular weight excluding hydrogens is 417 g/mol. The molecule has 0 amide bonds. The van der Waals surface area contributed by atoms with Crippen molar-refractivity contribution in [2.45, 2.75) is 19.6 Å². The number of aliphatic imine (C=N–C) groups is 1. The van der Waals surface area contributed by atoms with Crippen LogP contribution in [0.5, 0.6) is 0 Å². The van der Waals surface area contributed by atoms with Gasteiger partial charge in [-0.05, 0) is 24.1 Å². The molecule has 1 atom stereocenters. The first-order chi connectivity index (χ1) is 11.3. The normalized spacial score (nSPS) is 18.2. The lowest BCUT2D eigenvalue weighted by atomic mass is 10.0. The van der Waals surface area contributed by atoms with Gasteiger partial charge in [0.1, 0.15) is 6.10 Å². The van der Waals surface area contributed by atoms with Crippen LogP contribution in [-0.2, 0) is 11.3 Å². The lowest BCUT2D eigenvalue weighted by Crippen LogP contribution is -2.48. The van der Waals surface area contributed by atoms with Gasteiger partial charge in [-0.3, -0.25) is 10.1 Å². The Morgan fingerprint density at radius 3 is 2.96 bits per heavy atom. The summed E-state index contributed by atoms with van der Waals surface area (Å²) in [6.45, 7) is 5.14. The molecule has 130 valence electrons. The van der Waals surface area contributed by atoms with E-state index in [2.05, 4.69) is 56.6 Å². The van der Waals surface area contributed by atoms with Crippen molar-refractivity contribution in [2.75, 3.05) is 26.7 Å². The molecule has 3 rings (SSSR count). The van der Waals surface area contributed by atoms with E-state index >= 15 is 0 Å². The van der Waals surface area contributed by atoms with Crippen molar-refractivity contribution in [3.05, 3.63) is 53.3 Å². The van der Waals surface area contributed by atoms with Crippen LogP contribution in [0.1, 0.15) is 22.9 Å². The number of aryl methyl sites for hydroxylation is 1. The van der Waals surface area contributed by atoms with Gasteiger partial charge < -0.3 is 15.0 Å². The number of hydrogen-bond donors (Lipinski definition) is 2. The monoisotopic (exact) mass is 441 g/mol. The number of nitrogens with zero attached hydrogens (tertiary/aromatic N) is 3. The van der Waals surface area contributed by atoms with Crippen LogP contribution < -0.4 is 5.32 Å². The minimum Gasteiger partial charge on any atom is -0.370 e. The second-order valence-electron chi connectivity index (χ2n) is 5.64. The number of ether oxygens (including phenoxy) is 1. The third-order valence-electron chi connectivity index (χ3n) is 4.11. The number of nitrogens with one attached hydrogen (secondary N) is 2. The molecule has 1 aromatic heterocycles. The highest BCUT2D eigenvalue weighted by molar-refractivity contribution is 14.0. The molecule has 0 spiro atoms. The fraction of sp³-hybridized carbons (Fsp3) is 0.412. The molecule has 0 bridgehead atoms. The molecule has 1 aromatic carbocycles. The minimum atomic E-state index is 0. The van der Waals surface area contributed by atoms with Gasteiger partial charge in [0.25, 0.3) is 0 Å². The summed E-state index contributed by atoms with van der Waals surface area (Å²) in [6.07, 6.45) is 1.83. The molecule has 2 N–H and O–H groups in total. The van der Waals surface area contributed by atoms with Gasteiger partial charge in [-0.15, -0.1) is 24.0 Å². The lowest BCUT2D eigenvalue weighted by Gasteiger charge is -2.35. The van der Waals surface area contributed by atoms with Crippen molar-refractivity contribution in [3.63, 3.8) is 0 Å². The van der Waals surface area contributed by atoms with Gasteiger partial charge >= 0.3 is 0 Å². The van der Waals surface area contributed by atoms with E-state index in [4.69, 9.17) is 4.74 Å². The fourth-order valence-corrected chi connectivity index (χ4v) is 2.87. The third-order valence-corrected chi connectivity index (χ3v) is 4.11. The number of aromatic amines is 1. The molecule has 2 heterocycles. The van der Waals surface area contributed by atoms with E-state index in [0.717, 1.165) is 24.7 Å². The van der Waals surface area contributed by atoms with Crippen LogP contribution in [-0.4, -0.2) is 47.8 Å². The van der Waals surface area contributed by atoms with E-state index in [0.29, 0.717) is 13.2 Å². The molecule has 1 fully saturated rings. The SMILES string of the molecule is CN=C(NCc1ccn[nH]1)N1CCOC(c2ccccc2C)C1.I. The molecule has 1 aliphatic heterocycles. The molecule has 24 heavy (non-hydrogen) atoms. The quantitative estimate of drug-likeness (QED) is 0.437. The number of rotatable bonds is 3. The first kappa shape index (κ1) is 18.7. The summed E-state index contributed by atoms with van der Waals surface area (Å²) in [5.74, 6) is 0.890. The number of halogens is 1. The molecule has 7 heteroatoms. The van der Waals surface area contributed by atoms with Crippen molar-refractivity contribution in [3.8, 4) is 0 Å². The van der Waals surface area contributed by atoms with Gasteiger partial charge in [0.2, 0.25) is 0 Å². The third kappa shape index (κ3) is 4.47. The number of guanidine groups is 1. The summed E-state index contributed by atoms with van der Waals surface area (Å²) < 4.78 is 5.98. The van der Waals surface area contributed by atoms with Crippen molar-refractivity contribution >= 4 is 29.9 Å². The van der Waals surface area contributed by atoms with Gasteiger partial charge in [-0.25, -0.2) is 0 Å². The van der Waals surface area contributed by atoms with Crippen LogP contribution in [0, 0.1) is 6.92 Å². The summed E-state index contributed by atoms with van der Waals surface area (Å²) in [6, 6.07) is 10.4. The highest BCUT2D eigenvalue weighted by Gasteiger charge is 2.25. The zero-order valence-electron chi connectivity index (χ0n) is 14.0. The van der Waals surface area contributed by atoms with Gasteiger partial charge in [0.15, 0.2) is 5.96 Å². The van der Waals surface area contributed by atoms with E-state index in [-0.39, 0.29) is 30.1 Å². The van der Waals surface area contributed by atoms with Crippen LogP contribution >= 0.6 is 24.0 Å². The molecule has 6 nitrogen and oxygen atoms in total. The maximum Gasteiger partial charge on any atom is 0.194 e. The Bertz CT molecular complexity index is 659. The average molecular weight is 441 g/mol. The standard InChI is InChI=1S/C17H23N5O.HI/c1-13-5-3-4-6-15(13)16-12-22(9-10-23-16)17(18-2)19-11-14-7-8-20-21-14;/h3-8,16H,9-12H2,1-2H3,(H,18,19)(H,20,21);1H. The summed E-state index contributed by atoms with van der Waals surface area (Å²) in [7, 11) is 1.81. The topological polar surface area (TPSA) is 65.5 Å². The smallest absolute Gasteiger partial charge is 0.194 e. The Kier molecular flexibility index (Phi) is 7.04. The highest BCUT2D eigenvalue weighted by Crippen LogP contribution is 2.24. The number of morpholine rings is 1. The summed E-state index contributed by atoms with van der Waals surface area (Å²) in [5.41, 5.74) is 3.55. The van der Waals surface area contributed by atoms with Crippen molar-refractivity contribution < 1.29 is 4.74 Å². The van der Waals surface area contributed by atoms with E-state index in [9.17, 15) is 0 Å². The summed E-state index contributed by atoms with van der Waals surface area (Å²) >= 11 is 0. The molecule has 0 radical (unpaired) electrons. The fourth-order valence-electron chi connectivity index (χ4n) is 2.87. The number of aromatic nitrogens is 2. The number of H-pyrrole nitrogens is 1. The Morgan fingerprint density at radius 1 is 1.42 bits per heavy atom. The van der Waals surface area contributed by atoms with E-state index in [1.54, 1.807) is 6.20 Å². The van der Waals surface area contributed by atoms with E-state index in [1.807, 2.05) is 13.1 Å². The van der Waals surface area contributed by atoms with Crippen LogP contribution in [0.3, 0.4) is 0 Å². The van der Waals surface area contributed by atoms with Crippen molar-refractivity contribution in [2.24, 2.45) is 4.99 Å². The number of benzene rings is 1. The van der Waals surface area contributed by atoms with E-state index < -0.39 is 0 Å². The Balaban J connectivity index is 0.00000208. The lowest BCUT2D eigenvalue weighted by molar-refractivity contribution is -0.00834. The summed E-state index contributed by atoms with van der Waals surface area (Å²) in [5, 5.41) is 10.3. The molecular formula is C17H24IN5O. The molecule has 0 saturated carbocycles. The zero-order valence-corrected chi connectivity index (χ0v) is 16.4. The number of hydrogen-bond acceptors (Lipinski definition) is 3. The minimum absolute atomic E-state index is 0. The molecule has 1 saturated heterocycles. The van der Waals surface area contributed by atoms with Gasteiger partial charge in [-0.1, -0.05) is 24.3 Å². The zero-order chi connectivity index (χ0) is 16.1. The summed E-state index contributed by atoms with van der Waals surface area (Å²) in [4.78, 5) is 6.65. The molecule has 2 aromatic rings. The Labute approximate surface area is 159 Å². The first-order valence-corrected chi connectivity index (χ1v) is 7.89. The van der Waals surface area contributed by atoms with E-state index in [1.165, 1.54) is 11.1 Å². The van der Waals surface area contributed by atoms with Gasteiger partial charge in [-0.2, -0.15) is 5.10 Å². The average Bonchev–Trinajstić information content (AvgIpc) is 3.10. The maximum atomic E-state index is 5.98. The Morgan fingerprint density at radius 2 is 2.25 bits per heavy atom. The largest absolute Gasteiger partial charge is 0.370 e. The maximum absolute atomic E-state index is 5.98. The van der Waals surface area contributed by atoms with Crippen LogP contribution in [0.2, 0.25) is 0 Å². The van der Waals surface area contributed by atoms with Crippen LogP contribution in [0.15, 0.2) is 41.5 Å². The first-order valence-electron chi connectivity index (χ1n) is 7.89.